The highest BCUT2D eigenvalue weighted by atomic mass is 16.5. The van der Waals surface area contributed by atoms with Crippen LogP contribution in [-0.4, -0.2) is 29.3 Å². The molecule has 4 nitrogen and oxygen atoms in total. The molecule has 2 aliphatic heterocycles. The Morgan fingerprint density at radius 3 is 2.71 bits per heavy atom. The van der Waals surface area contributed by atoms with E-state index < -0.39 is 6.09 Å². The molecule has 1 saturated heterocycles. The number of amides is 1. The first-order valence-electron chi connectivity index (χ1n) is 5.87. The summed E-state index contributed by atoms with van der Waals surface area (Å²) in [4.78, 5) is 13.0. The lowest BCUT2D eigenvalue weighted by molar-refractivity contribution is -0.0234. The van der Waals surface area contributed by atoms with Crippen LogP contribution in [0.25, 0.3) is 0 Å². The Morgan fingerprint density at radius 1 is 1.35 bits per heavy atom. The number of ether oxygens (including phenoxy) is 1. The normalized spacial score (nSPS) is 30.2. The second-order valence-corrected chi connectivity index (χ2v) is 4.63. The number of hydrogen-bond acceptors (Lipinski definition) is 2. The third kappa shape index (κ3) is 1.37. The molecule has 1 aromatic carbocycles. The second kappa shape index (κ2) is 3.74. The summed E-state index contributed by atoms with van der Waals surface area (Å²) in [5.74, 6) is 0. The fourth-order valence-electron chi connectivity index (χ4n) is 3.23. The average Bonchev–Trinajstić information content (AvgIpc) is 2.59. The fraction of sp³-hybridized carbons (Fsp3) is 0.462. The van der Waals surface area contributed by atoms with Crippen LogP contribution in [0.3, 0.4) is 0 Å². The van der Waals surface area contributed by atoms with Gasteiger partial charge in [-0.05, 0) is 24.0 Å². The maximum Gasteiger partial charge on any atom is 0.408 e. The number of methoxy groups -OCH3 is 1. The molecule has 17 heavy (non-hydrogen) atoms. The van der Waals surface area contributed by atoms with Crippen molar-refractivity contribution < 1.29 is 14.6 Å². The lowest BCUT2D eigenvalue weighted by Crippen LogP contribution is -2.42. The third-order valence-electron chi connectivity index (χ3n) is 3.91. The van der Waals surface area contributed by atoms with Crippen LogP contribution in [0.1, 0.15) is 36.1 Å². The maximum absolute atomic E-state index is 11.4. The van der Waals surface area contributed by atoms with Gasteiger partial charge in [0.2, 0.25) is 0 Å². The van der Waals surface area contributed by atoms with Crippen LogP contribution in [0.4, 0.5) is 4.79 Å². The van der Waals surface area contributed by atoms with E-state index in [1.165, 1.54) is 0 Å². The summed E-state index contributed by atoms with van der Waals surface area (Å²) in [5.41, 5.74) is 2.27. The van der Waals surface area contributed by atoms with Gasteiger partial charge in [0.15, 0.2) is 0 Å². The van der Waals surface area contributed by atoms with Gasteiger partial charge < -0.3 is 9.84 Å². The highest BCUT2D eigenvalue weighted by Gasteiger charge is 2.48. The molecule has 4 heteroatoms. The van der Waals surface area contributed by atoms with Gasteiger partial charge in [-0.15, -0.1) is 0 Å². The van der Waals surface area contributed by atoms with Crippen molar-refractivity contribution in [2.24, 2.45) is 0 Å². The van der Waals surface area contributed by atoms with E-state index in [9.17, 15) is 9.90 Å². The number of carbonyl (C=O) groups is 1. The van der Waals surface area contributed by atoms with Crippen molar-refractivity contribution in [1.82, 2.24) is 4.90 Å². The second-order valence-electron chi connectivity index (χ2n) is 4.63. The molecule has 2 heterocycles. The molecular weight excluding hydrogens is 218 g/mol. The predicted molar refractivity (Wildman–Crippen MR) is 61.8 cm³/mol. The first kappa shape index (κ1) is 10.6. The summed E-state index contributed by atoms with van der Waals surface area (Å²) in [7, 11) is 1.66. The molecule has 2 aliphatic rings. The Morgan fingerprint density at radius 2 is 2.06 bits per heavy atom. The zero-order valence-corrected chi connectivity index (χ0v) is 9.67. The number of hydrogen-bond donors (Lipinski definition) is 1. The van der Waals surface area contributed by atoms with E-state index >= 15 is 0 Å². The van der Waals surface area contributed by atoms with Crippen LogP contribution in [0, 0.1) is 0 Å². The Hall–Kier alpha value is -1.55. The van der Waals surface area contributed by atoms with Crippen molar-refractivity contribution in [3.8, 4) is 0 Å². The third-order valence-corrected chi connectivity index (χ3v) is 3.91. The molecule has 1 N–H and O–H groups in total. The fourth-order valence-corrected chi connectivity index (χ4v) is 3.23. The lowest BCUT2D eigenvalue weighted by Gasteiger charge is -2.37. The van der Waals surface area contributed by atoms with Gasteiger partial charge in [-0.3, -0.25) is 4.90 Å². The number of piperidine rings is 1. The maximum atomic E-state index is 11.4. The number of rotatable bonds is 1. The molecule has 3 atom stereocenters. The van der Waals surface area contributed by atoms with Crippen molar-refractivity contribution >= 4 is 6.09 Å². The number of benzene rings is 1. The van der Waals surface area contributed by atoms with E-state index in [-0.39, 0.29) is 18.2 Å². The smallest absolute Gasteiger partial charge is 0.408 e. The van der Waals surface area contributed by atoms with E-state index in [2.05, 4.69) is 0 Å². The molecule has 0 aliphatic carbocycles. The minimum Gasteiger partial charge on any atom is -0.465 e. The molecule has 2 bridgehead atoms. The van der Waals surface area contributed by atoms with E-state index in [1.54, 1.807) is 12.0 Å². The van der Waals surface area contributed by atoms with Crippen LogP contribution in [0.15, 0.2) is 24.3 Å². The first-order chi connectivity index (χ1) is 8.24. The van der Waals surface area contributed by atoms with Gasteiger partial charge >= 0.3 is 6.09 Å². The molecule has 3 unspecified atom stereocenters. The Kier molecular flexibility index (Phi) is 2.33. The van der Waals surface area contributed by atoms with Crippen LogP contribution >= 0.6 is 0 Å². The highest BCUT2D eigenvalue weighted by molar-refractivity contribution is 5.69. The number of fused-ring (bicyclic) bond motifs is 5. The summed E-state index contributed by atoms with van der Waals surface area (Å²) in [5, 5.41) is 9.37. The monoisotopic (exact) mass is 233 g/mol. The summed E-state index contributed by atoms with van der Waals surface area (Å²) < 4.78 is 5.45. The minimum absolute atomic E-state index is 0.0140. The molecule has 0 aromatic heterocycles. The molecule has 1 aromatic rings. The average molecular weight is 233 g/mol. The van der Waals surface area contributed by atoms with E-state index in [1.807, 2.05) is 24.3 Å². The van der Waals surface area contributed by atoms with E-state index in [4.69, 9.17) is 4.74 Å². The van der Waals surface area contributed by atoms with Crippen molar-refractivity contribution in [3.05, 3.63) is 35.4 Å². The largest absolute Gasteiger partial charge is 0.465 e. The van der Waals surface area contributed by atoms with Gasteiger partial charge in [-0.2, -0.15) is 0 Å². The number of carboxylic acid groups (broad SMARTS) is 1. The van der Waals surface area contributed by atoms with Crippen LogP contribution in [-0.2, 0) is 4.74 Å². The van der Waals surface area contributed by atoms with Gasteiger partial charge in [0, 0.05) is 7.11 Å². The molecule has 1 amide bonds. The van der Waals surface area contributed by atoms with E-state index in [0.717, 1.165) is 24.0 Å². The summed E-state index contributed by atoms with van der Waals surface area (Å²) >= 11 is 0. The van der Waals surface area contributed by atoms with Crippen LogP contribution < -0.4 is 0 Å². The molecule has 0 saturated carbocycles. The predicted octanol–water partition coefficient (Wildman–Crippen LogP) is 2.57. The zero-order valence-electron chi connectivity index (χ0n) is 9.67. The van der Waals surface area contributed by atoms with E-state index in [0.29, 0.717) is 0 Å². The van der Waals surface area contributed by atoms with Crippen LogP contribution in [0.2, 0.25) is 0 Å². The summed E-state index contributed by atoms with van der Waals surface area (Å²) in [6, 6.07) is 7.88. The van der Waals surface area contributed by atoms with Gasteiger partial charge in [-0.1, -0.05) is 24.3 Å². The first-order valence-corrected chi connectivity index (χ1v) is 5.87. The van der Waals surface area contributed by atoms with Crippen LogP contribution in [0.5, 0.6) is 0 Å². The topological polar surface area (TPSA) is 49.8 Å². The minimum atomic E-state index is -0.849. The molecular formula is C13H15NO3. The molecule has 3 rings (SSSR count). The van der Waals surface area contributed by atoms with Crippen molar-refractivity contribution in [2.75, 3.05) is 7.11 Å². The van der Waals surface area contributed by atoms with Gasteiger partial charge in [-0.25, -0.2) is 4.79 Å². The van der Waals surface area contributed by atoms with Crippen molar-refractivity contribution in [2.45, 2.75) is 31.0 Å². The quantitative estimate of drug-likeness (QED) is 0.811. The lowest BCUT2D eigenvalue weighted by atomic mass is 9.98. The Labute approximate surface area is 99.8 Å². The zero-order chi connectivity index (χ0) is 12.0. The Balaban J connectivity index is 2.12. The molecule has 1 fully saturated rings. The van der Waals surface area contributed by atoms with Gasteiger partial charge in [0.1, 0.15) is 0 Å². The SMILES string of the molecule is COC1CCC2c3ccccc3C1N2C(=O)O. The van der Waals surface area contributed by atoms with Gasteiger partial charge in [0.05, 0.1) is 18.2 Å². The molecule has 90 valence electrons. The standard InChI is InChI=1S/C13H15NO3/c1-17-11-7-6-10-8-4-2-3-5-9(8)12(11)14(10)13(15)16/h2-5,10-12H,6-7H2,1H3,(H,15,16). The van der Waals surface area contributed by atoms with Crippen molar-refractivity contribution in [1.29, 1.82) is 0 Å². The van der Waals surface area contributed by atoms with Crippen molar-refractivity contribution in [3.63, 3.8) is 0 Å². The highest BCUT2D eigenvalue weighted by Crippen LogP contribution is 2.51. The molecule has 0 radical (unpaired) electrons. The summed E-state index contributed by atoms with van der Waals surface area (Å²) in [6.07, 6.45) is 0.895. The Bertz CT molecular complexity index is 460. The molecule has 0 spiro atoms. The number of nitrogens with zero attached hydrogens (tertiary/aromatic N) is 1. The van der Waals surface area contributed by atoms with Gasteiger partial charge in [0.25, 0.3) is 0 Å². The summed E-state index contributed by atoms with van der Waals surface area (Å²) in [6.45, 7) is 0.